The molecule has 0 aliphatic carbocycles. The largest absolute Gasteiger partial charge is 0.353 e. The SMILES string of the molecule is C#CC(S)N1CC2(CCN(C)CC2)CC1=C. The molecule has 0 amide bonds. The molecular weight excluding hydrogens is 216 g/mol. The molecule has 3 heteroatoms. The smallest absolute Gasteiger partial charge is 0.134 e. The van der Waals surface area contributed by atoms with Gasteiger partial charge in [0.1, 0.15) is 5.37 Å². The summed E-state index contributed by atoms with van der Waals surface area (Å²) in [4.78, 5) is 4.59. The van der Waals surface area contributed by atoms with Crippen LogP contribution in [0.15, 0.2) is 12.3 Å². The van der Waals surface area contributed by atoms with Crippen molar-refractivity contribution >= 4 is 12.6 Å². The highest BCUT2D eigenvalue weighted by molar-refractivity contribution is 7.81. The molecule has 1 unspecified atom stereocenters. The number of hydrogen-bond donors (Lipinski definition) is 1. The lowest BCUT2D eigenvalue weighted by molar-refractivity contribution is 0.127. The Morgan fingerprint density at radius 3 is 2.69 bits per heavy atom. The number of rotatable bonds is 1. The summed E-state index contributed by atoms with van der Waals surface area (Å²) in [5.41, 5.74) is 1.59. The van der Waals surface area contributed by atoms with E-state index in [1.807, 2.05) is 0 Å². The summed E-state index contributed by atoms with van der Waals surface area (Å²) in [6.07, 6.45) is 9.04. The van der Waals surface area contributed by atoms with Crippen molar-refractivity contribution in [2.75, 3.05) is 26.7 Å². The van der Waals surface area contributed by atoms with Crippen LogP contribution in [0.4, 0.5) is 0 Å². The average Bonchev–Trinajstić information content (AvgIpc) is 2.60. The number of allylic oxidation sites excluding steroid dienone is 1. The fourth-order valence-electron chi connectivity index (χ4n) is 2.84. The third-order valence-corrected chi connectivity index (χ3v) is 4.41. The molecule has 0 bridgehead atoms. The van der Waals surface area contributed by atoms with E-state index in [-0.39, 0.29) is 5.37 Å². The van der Waals surface area contributed by atoms with E-state index in [0.717, 1.165) is 13.0 Å². The Hall–Kier alpha value is -0.590. The van der Waals surface area contributed by atoms with Gasteiger partial charge in [0, 0.05) is 12.2 Å². The van der Waals surface area contributed by atoms with Crippen LogP contribution in [0.2, 0.25) is 0 Å². The predicted octanol–water partition coefficient (Wildman–Crippen LogP) is 1.81. The summed E-state index contributed by atoms with van der Waals surface area (Å²) >= 11 is 4.42. The van der Waals surface area contributed by atoms with Gasteiger partial charge in [-0.2, -0.15) is 0 Å². The van der Waals surface area contributed by atoms with Gasteiger partial charge in [0.2, 0.25) is 0 Å². The Balaban J connectivity index is 2.06. The zero-order valence-corrected chi connectivity index (χ0v) is 10.8. The molecule has 1 spiro atoms. The first-order chi connectivity index (χ1) is 7.56. The Labute approximate surface area is 104 Å². The fourth-order valence-corrected chi connectivity index (χ4v) is 3.09. The van der Waals surface area contributed by atoms with Crippen molar-refractivity contribution in [1.29, 1.82) is 0 Å². The minimum absolute atomic E-state index is 0.105. The molecule has 0 saturated carbocycles. The van der Waals surface area contributed by atoms with Gasteiger partial charge < -0.3 is 9.80 Å². The van der Waals surface area contributed by atoms with Crippen LogP contribution in [-0.2, 0) is 0 Å². The molecule has 0 radical (unpaired) electrons. The monoisotopic (exact) mass is 236 g/mol. The molecule has 1 atom stereocenters. The highest BCUT2D eigenvalue weighted by Gasteiger charge is 2.42. The molecule has 2 aliphatic heterocycles. The van der Waals surface area contributed by atoms with E-state index in [9.17, 15) is 0 Å². The van der Waals surface area contributed by atoms with Gasteiger partial charge in [-0.3, -0.25) is 0 Å². The third kappa shape index (κ3) is 2.09. The quantitative estimate of drug-likeness (QED) is 0.548. The standard InChI is InChI=1S/C13H20N2S/c1-4-12(16)15-10-13(9-11(15)2)5-7-14(3)8-6-13/h1,12,16H,2,5-10H2,3H3. The predicted molar refractivity (Wildman–Crippen MR) is 71.2 cm³/mol. The minimum Gasteiger partial charge on any atom is -0.353 e. The van der Waals surface area contributed by atoms with Crippen molar-refractivity contribution in [2.45, 2.75) is 24.6 Å². The van der Waals surface area contributed by atoms with Crippen LogP contribution >= 0.6 is 12.6 Å². The first-order valence-corrected chi connectivity index (χ1v) is 6.35. The summed E-state index contributed by atoms with van der Waals surface area (Å²) in [5.74, 6) is 2.69. The second-order valence-corrected chi connectivity index (χ2v) is 5.70. The molecule has 2 fully saturated rings. The second-order valence-electron chi connectivity index (χ2n) is 5.21. The number of likely N-dealkylation sites (tertiary alicyclic amines) is 2. The van der Waals surface area contributed by atoms with E-state index in [1.54, 1.807) is 0 Å². The van der Waals surface area contributed by atoms with Crippen LogP contribution in [0.5, 0.6) is 0 Å². The van der Waals surface area contributed by atoms with Crippen molar-refractivity contribution < 1.29 is 0 Å². The maximum Gasteiger partial charge on any atom is 0.134 e. The summed E-state index contributed by atoms with van der Waals surface area (Å²) in [6, 6.07) is 0. The van der Waals surface area contributed by atoms with Crippen molar-refractivity contribution in [3.05, 3.63) is 12.3 Å². The fraction of sp³-hybridized carbons (Fsp3) is 0.692. The third-order valence-electron chi connectivity index (χ3n) is 3.98. The lowest BCUT2D eigenvalue weighted by atomic mass is 9.77. The normalized spacial score (nSPS) is 27.1. The van der Waals surface area contributed by atoms with E-state index >= 15 is 0 Å². The molecule has 2 aliphatic rings. The molecule has 0 aromatic heterocycles. The molecule has 2 nitrogen and oxygen atoms in total. The van der Waals surface area contributed by atoms with Gasteiger partial charge in [-0.05, 0) is 44.8 Å². The lowest BCUT2D eigenvalue weighted by Gasteiger charge is -2.37. The summed E-state index contributed by atoms with van der Waals surface area (Å²) < 4.78 is 0. The van der Waals surface area contributed by atoms with Crippen molar-refractivity contribution in [2.24, 2.45) is 5.41 Å². The number of nitrogens with zero attached hydrogens (tertiary/aromatic N) is 2. The zero-order valence-electron chi connectivity index (χ0n) is 9.95. The molecule has 2 saturated heterocycles. The van der Waals surface area contributed by atoms with Gasteiger partial charge >= 0.3 is 0 Å². The lowest BCUT2D eigenvalue weighted by Crippen LogP contribution is -2.40. The highest BCUT2D eigenvalue weighted by Crippen LogP contribution is 2.45. The molecule has 0 aromatic carbocycles. The molecular formula is C13H20N2S. The first kappa shape index (κ1) is 11.9. The Morgan fingerprint density at radius 1 is 1.50 bits per heavy atom. The summed E-state index contributed by atoms with van der Waals surface area (Å²) in [5, 5.41) is -0.105. The maximum atomic E-state index is 5.44. The van der Waals surface area contributed by atoms with Crippen LogP contribution < -0.4 is 0 Å². The molecule has 0 N–H and O–H groups in total. The number of thiol groups is 1. The van der Waals surface area contributed by atoms with Crippen LogP contribution in [0.25, 0.3) is 0 Å². The topological polar surface area (TPSA) is 6.48 Å². The van der Waals surface area contributed by atoms with Crippen LogP contribution in [0.3, 0.4) is 0 Å². The van der Waals surface area contributed by atoms with Gasteiger partial charge in [-0.25, -0.2) is 0 Å². The van der Waals surface area contributed by atoms with E-state index in [1.165, 1.54) is 31.6 Å². The van der Waals surface area contributed by atoms with E-state index in [0.29, 0.717) is 5.41 Å². The van der Waals surface area contributed by atoms with Crippen LogP contribution in [-0.4, -0.2) is 41.9 Å². The van der Waals surface area contributed by atoms with Gasteiger partial charge in [0.25, 0.3) is 0 Å². The van der Waals surface area contributed by atoms with Crippen molar-refractivity contribution in [3.63, 3.8) is 0 Å². The van der Waals surface area contributed by atoms with Gasteiger partial charge in [-0.1, -0.05) is 12.5 Å². The van der Waals surface area contributed by atoms with Gasteiger partial charge in [-0.15, -0.1) is 19.1 Å². The first-order valence-electron chi connectivity index (χ1n) is 5.83. The minimum atomic E-state index is -0.105. The Morgan fingerprint density at radius 2 is 2.12 bits per heavy atom. The Bertz CT molecular complexity index is 323. The van der Waals surface area contributed by atoms with Gasteiger partial charge in [0.15, 0.2) is 0 Å². The van der Waals surface area contributed by atoms with E-state index < -0.39 is 0 Å². The van der Waals surface area contributed by atoms with Crippen LogP contribution in [0, 0.1) is 17.8 Å². The Kier molecular flexibility index (Phi) is 3.23. The molecule has 0 aromatic rings. The maximum absolute atomic E-state index is 5.44. The van der Waals surface area contributed by atoms with E-state index in [4.69, 9.17) is 6.42 Å². The molecule has 16 heavy (non-hydrogen) atoms. The number of hydrogen-bond acceptors (Lipinski definition) is 3. The summed E-state index contributed by atoms with van der Waals surface area (Å²) in [7, 11) is 2.19. The number of terminal acetylenes is 1. The highest BCUT2D eigenvalue weighted by atomic mass is 32.1. The van der Waals surface area contributed by atoms with Crippen LogP contribution in [0.1, 0.15) is 19.3 Å². The molecule has 2 rings (SSSR count). The van der Waals surface area contributed by atoms with Gasteiger partial charge in [0.05, 0.1) is 0 Å². The molecule has 88 valence electrons. The zero-order chi connectivity index (χ0) is 11.8. The second kappa shape index (κ2) is 4.35. The average molecular weight is 236 g/mol. The summed E-state index contributed by atoms with van der Waals surface area (Å²) in [6.45, 7) is 7.56. The van der Waals surface area contributed by atoms with Crippen molar-refractivity contribution in [1.82, 2.24) is 9.80 Å². The van der Waals surface area contributed by atoms with E-state index in [2.05, 4.69) is 42.0 Å². The molecule has 2 heterocycles. The van der Waals surface area contributed by atoms with Crippen molar-refractivity contribution in [3.8, 4) is 12.3 Å². The number of piperidine rings is 1.